The number of pyridine rings is 2. The molecule has 5 saturated heterocycles. The molecule has 514 valence electrons. The quantitative estimate of drug-likeness (QED) is 0.125. The van der Waals surface area contributed by atoms with Crippen molar-refractivity contribution >= 4 is 53.0 Å². The predicted molar refractivity (Wildman–Crippen MR) is 364 cm³/mol. The molecule has 0 radical (unpaired) electrons. The zero-order valence-corrected chi connectivity index (χ0v) is 57.4. The molecule has 2 aromatic carbocycles. The zero-order valence-electron chi connectivity index (χ0n) is 55.9. The molecule has 9 aliphatic rings. The lowest BCUT2D eigenvalue weighted by atomic mass is 9.92. The second kappa shape index (κ2) is 29.7. The predicted octanol–water partition coefficient (Wildman–Crippen LogP) is 10.2. The zero-order chi connectivity index (χ0) is 66.7. The topological polar surface area (TPSA) is 203 Å². The number of piperidine rings is 2. The van der Waals surface area contributed by atoms with Gasteiger partial charge in [0.25, 0.3) is 0 Å². The molecule has 6 atom stereocenters. The third-order valence-corrected chi connectivity index (χ3v) is 22.2. The first-order chi connectivity index (χ1) is 47.2. The van der Waals surface area contributed by atoms with Crippen molar-refractivity contribution in [3.63, 3.8) is 0 Å². The van der Waals surface area contributed by atoms with E-state index in [0.29, 0.717) is 152 Å². The van der Waals surface area contributed by atoms with E-state index in [0.717, 1.165) is 98.4 Å². The van der Waals surface area contributed by atoms with Gasteiger partial charge in [-0.15, -0.1) is 0 Å². The van der Waals surface area contributed by atoms with E-state index in [-0.39, 0.29) is 41.9 Å². The Morgan fingerprint density at radius 3 is 1.44 bits per heavy atom. The molecule has 1 spiro atoms. The number of hydrogen-bond donors (Lipinski definition) is 0. The number of carbonyl (C=O) groups is 5. The molecule has 4 amide bonds. The number of halogens is 2. The van der Waals surface area contributed by atoms with Crippen LogP contribution < -0.4 is 0 Å². The smallest absolute Gasteiger partial charge is 0.410 e. The molecule has 4 aliphatic carbocycles. The summed E-state index contributed by atoms with van der Waals surface area (Å²) >= 11 is 13.0. The number of ether oxygens (including phenoxy) is 4. The van der Waals surface area contributed by atoms with Gasteiger partial charge in [0.2, 0.25) is 11.8 Å². The maximum absolute atomic E-state index is 14.7. The first kappa shape index (κ1) is 66.9. The molecule has 7 fully saturated rings. The first-order valence-corrected chi connectivity index (χ1v) is 36.1. The lowest BCUT2D eigenvalue weighted by Crippen LogP contribution is -2.62. The van der Waals surface area contributed by atoms with E-state index in [1.165, 1.54) is 22.3 Å². The van der Waals surface area contributed by atoms with Crippen LogP contribution in [0, 0.1) is 25.7 Å². The summed E-state index contributed by atoms with van der Waals surface area (Å²) in [4.78, 5) is 99.6. The Morgan fingerprint density at radius 1 is 0.536 bits per heavy atom. The number of amides is 4. The van der Waals surface area contributed by atoms with Gasteiger partial charge in [-0.2, -0.15) is 0 Å². The van der Waals surface area contributed by atoms with Crippen molar-refractivity contribution in [2.24, 2.45) is 11.8 Å². The van der Waals surface area contributed by atoms with Crippen LogP contribution in [0.1, 0.15) is 145 Å². The summed E-state index contributed by atoms with van der Waals surface area (Å²) in [7, 11) is 0. The number of likely N-dealkylation sites (tertiary alicyclic amines) is 2. The lowest BCUT2D eigenvalue weighted by molar-refractivity contribution is -0.188. The number of piperazine rings is 2. The molecule has 9 heterocycles. The van der Waals surface area contributed by atoms with Crippen LogP contribution in [-0.2, 0) is 72.1 Å². The number of imidazole rings is 2. The van der Waals surface area contributed by atoms with Crippen molar-refractivity contribution in [3.05, 3.63) is 164 Å². The maximum Gasteiger partial charge on any atom is 0.410 e. The van der Waals surface area contributed by atoms with Gasteiger partial charge in [0.05, 0.1) is 60.7 Å². The van der Waals surface area contributed by atoms with Crippen molar-refractivity contribution in [3.8, 4) is 0 Å². The second-order valence-electron chi connectivity index (χ2n) is 28.3. The van der Waals surface area contributed by atoms with E-state index in [1.54, 1.807) is 9.80 Å². The summed E-state index contributed by atoms with van der Waals surface area (Å²) in [6, 6.07) is 18.8. The Balaban J connectivity index is 0.000000167. The summed E-state index contributed by atoms with van der Waals surface area (Å²) in [5.74, 6) is 0.240. The van der Waals surface area contributed by atoms with Gasteiger partial charge in [0.1, 0.15) is 30.1 Å². The van der Waals surface area contributed by atoms with Crippen molar-refractivity contribution in [1.82, 2.24) is 58.5 Å². The van der Waals surface area contributed by atoms with Gasteiger partial charge in [-0.05, 0) is 173 Å². The third-order valence-electron chi connectivity index (χ3n) is 21.7. The van der Waals surface area contributed by atoms with Crippen molar-refractivity contribution in [2.45, 2.75) is 172 Å². The number of aromatic nitrogens is 6. The van der Waals surface area contributed by atoms with Crippen LogP contribution in [0.25, 0.3) is 0 Å². The Morgan fingerprint density at radius 2 is 0.990 bits per heavy atom. The number of hydrogen-bond acceptors (Lipinski definition) is 15. The fourth-order valence-corrected chi connectivity index (χ4v) is 17.2. The van der Waals surface area contributed by atoms with E-state index < -0.39 is 30.1 Å². The molecule has 6 aromatic rings. The highest BCUT2D eigenvalue weighted by Crippen LogP contribution is 2.42. The Labute approximate surface area is 578 Å². The number of rotatable bonds is 10. The number of fused-ring (bicyclic) bond motifs is 4. The minimum Gasteiger partial charge on any atom is -0.446 e. The van der Waals surface area contributed by atoms with Gasteiger partial charge in [0.15, 0.2) is 5.79 Å². The summed E-state index contributed by atoms with van der Waals surface area (Å²) in [5.41, 5.74) is 11.1. The normalized spacial score (nSPS) is 24.8. The molecule has 0 unspecified atom stereocenters. The van der Waals surface area contributed by atoms with Crippen LogP contribution in [0.5, 0.6) is 0 Å². The average Bonchev–Trinajstić information content (AvgIpc) is 1.76. The number of nitrogens with zero attached hydrogens (tertiary/aromatic N) is 12. The number of aryl methyl sites for hydroxylation is 6. The molecule has 4 aromatic heterocycles. The molecule has 23 heteroatoms. The second-order valence-corrected chi connectivity index (χ2v) is 29.2. The Kier molecular flexibility index (Phi) is 20.5. The highest BCUT2D eigenvalue weighted by atomic mass is 35.5. The van der Waals surface area contributed by atoms with E-state index in [1.807, 2.05) is 79.2 Å². The van der Waals surface area contributed by atoms with E-state index in [2.05, 4.69) is 71.5 Å². The highest BCUT2D eigenvalue weighted by Gasteiger charge is 2.47. The molecule has 21 nitrogen and oxygen atoms in total. The van der Waals surface area contributed by atoms with Gasteiger partial charge in [-0.1, -0.05) is 47.5 Å². The van der Waals surface area contributed by atoms with E-state index in [4.69, 9.17) is 52.1 Å². The van der Waals surface area contributed by atoms with Gasteiger partial charge < -0.3 is 37.9 Å². The minimum absolute atomic E-state index is 0.0142. The van der Waals surface area contributed by atoms with Crippen molar-refractivity contribution in [2.75, 3.05) is 78.7 Å². The van der Waals surface area contributed by atoms with Crippen LogP contribution in [0.4, 0.5) is 9.59 Å². The monoisotopic (exact) mass is 1360 g/mol. The molecule has 5 aliphatic heterocycles. The minimum atomic E-state index is -0.707. The maximum atomic E-state index is 14.7. The molecule has 0 N–H and O–H groups in total. The lowest BCUT2D eigenvalue weighted by Gasteiger charge is -2.46. The summed E-state index contributed by atoms with van der Waals surface area (Å²) < 4.78 is 28.2. The van der Waals surface area contributed by atoms with Crippen LogP contribution in [-0.4, -0.2) is 197 Å². The largest absolute Gasteiger partial charge is 0.446 e. The number of carbonyl (C=O) groups excluding carboxylic acids is 5. The molecular weight excluding hydrogens is 1270 g/mol. The average molecular weight is 1360 g/mol. The van der Waals surface area contributed by atoms with Gasteiger partial charge in [0, 0.05) is 139 Å². The van der Waals surface area contributed by atoms with E-state index >= 15 is 0 Å². The van der Waals surface area contributed by atoms with Crippen LogP contribution in [0.2, 0.25) is 10.0 Å². The summed E-state index contributed by atoms with van der Waals surface area (Å²) in [6.45, 7) is 12.1. The summed E-state index contributed by atoms with van der Waals surface area (Å²) in [6.07, 6.45) is 22.1. The number of benzene rings is 2. The Hall–Kier alpha value is -7.27. The molecule has 15 rings (SSSR count). The number of Topliss-reactive ketones (excluding diaryl/α,β-unsaturated/α-hetero) is 1. The molecule has 97 heavy (non-hydrogen) atoms. The molecular formula is C74H90Cl2N12O9. The van der Waals surface area contributed by atoms with Gasteiger partial charge in [-0.3, -0.25) is 44.0 Å². The standard InChI is InChI=1S/C38H47ClN6O5.C36H43ClN6O4/c1-26-21-42(25-41-26)22-27-4-3-15-44(23-27)36(46)33-24-43(16-17-45(33)37(47)50-31-10-12-38(13-11-31)48-18-19-49-38)35-32-9-8-30(39)20-29(32)7-6-28-5-2-14-40-34(28)35;1-24-19-40(23-39-24)20-25-4-3-15-42(21-25)35(45)32-22-41(16-17-43(32)36(46)47-30-11-9-29(44)10-12-30)34-31-13-8-28(37)18-27(31)7-6-26-5-2-14-38-33(26)34/h2,5,8-9,14,20-21,25,27,31,33,35H,3-4,6-7,10-13,15-19,22-24H2,1H3;2,5,8,13-14,18-19,23,25,30,32,34H,3-4,6-7,9-12,15-17,20-22H2,1H3/t27-,33+,35-;25-,32+,34-/m00/s1. The van der Waals surface area contributed by atoms with Crippen molar-refractivity contribution in [1.29, 1.82) is 0 Å². The third kappa shape index (κ3) is 15.2. The fourth-order valence-electron chi connectivity index (χ4n) is 16.8. The van der Waals surface area contributed by atoms with Gasteiger partial charge in [-0.25, -0.2) is 19.6 Å². The van der Waals surface area contributed by atoms with Crippen molar-refractivity contribution < 1.29 is 42.9 Å². The fraction of sp³-hybridized carbons (Fsp3) is 0.554. The SMILES string of the molecule is Cc1cn(C[C@@H]2CCCN(C(=O)[C@H]3CN([C@H]4c5ccc(Cl)cc5CCc5cccnc54)CCN3C(=O)OC3CCC(=O)CC3)C2)cn1.Cc1cn(C[C@@H]2CCCN(C(=O)[C@H]3CN([C@H]4c5ccc(Cl)cc5CCc5cccnc54)CCN3C(=O)OC3CCC4(CC3)OCCO4)C2)cn1. The van der Waals surface area contributed by atoms with Crippen LogP contribution in [0.15, 0.2) is 98.1 Å². The van der Waals surface area contributed by atoms with Gasteiger partial charge >= 0.3 is 12.2 Å². The number of ketones is 1. The molecule has 0 bridgehead atoms. The molecule has 2 saturated carbocycles. The Bertz CT molecular complexity index is 3820. The van der Waals surface area contributed by atoms with Crippen LogP contribution >= 0.6 is 23.2 Å². The summed E-state index contributed by atoms with van der Waals surface area (Å²) in [5, 5.41) is 1.42. The highest BCUT2D eigenvalue weighted by molar-refractivity contribution is 6.31. The van der Waals surface area contributed by atoms with E-state index in [9.17, 15) is 24.0 Å². The van der Waals surface area contributed by atoms with Crippen LogP contribution in [0.3, 0.4) is 0 Å². The first-order valence-electron chi connectivity index (χ1n) is 35.4.